The van der Waals surface area contributed by atoms with E-state index in [2.05, 4.69) is 11.8 Å². The van der Waals surface area contributed by atoms with Crippen LogP contribution in [0.5, 0.6) is 0 Å². The maximum Gasteiger partial charge on any atom is 0.236 e. The lowest BCUT2D eigenvalue weighted by molar-refractivity contribution is -0.133. The van der Waals surface area contributed by atoms with Crippen molar-refractivity contribution in [3.8, 4) is 0 Å². The molecule has 0 bridgehead atoms. The summed E-state index contributed by atoms with van der Waals surface area (Å²) >= 11 is 0. The number of carbonyl (C=O) groups excluding carboxylic acids is 1. The van der Waals surface area contributed by atoms with Crippen LogP contribution in [-0.2, 0) is 4.79 Å². The van der Waals surface area contributed by atoms with E-state index in [1.165, 1.54) is 12.8 Å². The molecule has 4 nitrogen and oxygen atoms in total. The van der Waals surface area contributed by atoms with Crippen LogP contribution >= 0.6 is 0 Å². The molecule has 1 saturated heterocycles. The summed E-state index contributed by atoms with van der Waals surface area (Å²) in [7, 11) is 1.90. The minimum atomic E-state index is 0.164. The fourth-order valence-electron chi connectivity index (χ4n) is 2.91. The number of likely N-dealkylation sites (N-methyl/N-ethyl adjacent to an activating group) is 1. The standard InChI is InChI=1S/C14H26N2O2/c1-11-4-3-7-16(13(11)10-17)9-14(18)15(2)8-12-5-6-12/h11-13,17H,3-10H2,1-2H3. The van der Waals surface area contributed by atoms with Gasteiger partial charge >= 0.3 is 0 Å². The third-order valence-corrected chi connectivity index (χ3v) is 4.41. The fourth-order valence-corrected chi connectivity index (χ4v) is 2.91. The topological polar surface area (TPSA) is 43.8 Å². The van der Waals surface area contributed by atoms with Crippen LogP contribution in [0.3, 0.4) is 0 Å². The Balaban J connectivity index is 1.83. The molecule has 0 aromatic heterocycles. The maximum absolute atomic E-state index is 12.1. The van der Waals surface area contributed by atoms with Gasteiger partial charge in [0.2, 0.25) is 5.91 Å². The molecule has 1 aliphatic heterocycles. The van der Waals surface area contributed by atoms with Crippen molar-refractivity contribution in [3.05, 3.63) is 0 Å². The van der Waals surface area contributed by atoms with E-state index in [1.807, 2.05) is 11.9 Å². The summed E-state index contributed by atoms with van der Waals surface area (Å²) in [5.41, 5.74) is 0. The van der Waals surface area contributed by atoms with Crippen LogP contribution in [0.4, 0.5) is 0 Å². The SMILES string of the molecule is CC1CCCN(CC(=O)N(C)CC2CC2)C1CO. The van der Waals surface area contributed by atoms with Crippen molar-refractivity contribution in [2.45, 2.75) is 38.6 Å². The van der Waals surface area contributed by atoms with E-state index in [1.54, 1.807) is 0 Å². The molecule has 1 amide bonds. The molecule has 0 aromatic carbocycles. The summed E-state index contributed by atoms with van der Waals surface area (Å²) in [6.07, 6.45) is 4.85. The van der Waals surface area contributed by atoms with Crippen molar-refractivity contribution in [1.82, 2.24) is 9.80 Å². The van der Waals surface area contributed by atoms with Crippen LogP contribution in [0.15, 0.2) is 0 Å². The van der Waals surface area contributed by atoms with Gasteiger partial charge in [0.25, 0.3) is 0 Å². The van der Waals surface area contributed by atoms with Crippen LogP contribution < -0.4 is 0 Å². The zero-order valence-electron chi connectivity index (χ0n) is 11.6. The molecule has 2 atom stereocenters. The van der Waals surface area contributed by atoms with Gasteiger partial charge in [-0.05, 0) is 44.1 Å². The number of piperidine rings is 1. The molecule has 1 saturated carbocycles. The summed E-state index contributed by atoms with van der Waals surface area (Å²) in [5.74, 6) is 1.44. The molecule has 1 heterocycles. The third kappa shape index (κ3) is 3.45. The van der Waals surface area contributed by atoms with Crippen molar-refractivity contribution in [1.29, 1.82) is 0 Å². The third-order valence-electron chi connectivity index (χ3n) is 4.41. The molecular weight excluding hydrogens is 228 g/mol. The second kappa shape index (κ2) is 6.02. The average molecular weight is 254 g/mol. The van der Waals surface area contributed by atoms with E-state index in [0.717, 1.165) is 31.8 Å². The summed E-state index contributed by atoms with van der Waals surface area (Å²) in [5, 5.41) is 9.47. The first-order valence-electron chi connectivity index (χ1n) is 7.20. The van der Waals surface area contributed by atoms with Gasteiger partial charge in [-0.3, -0.25) is 9.69 Å². The minimum Gasteiger partial charge on any atom is -0.395 e. The molecule has 18 heavy (non-hydrogen) atoms. The Morgan fingerprint density at radius 3 is 2.72 bits per heavy atom. The van der Waals surface area contributed by atoms with Crippen LogP contribution in [0.25, 0.3) is 0 Å². The molecular formula is C14H26N2O2. The van der Waals surface area contributed by atoms with Crippen molar-refractivity contribution in [3.63, 3.8) is 0 Å². The second-order valence-corrected chi connectivity index (χ2v) is 6.06. The van der Waals surface area contributed by atoms with Gasteiger partial charge < -0.3 is 10.0 Å². The molecule has 2 rings (SSSR count). The molecule has 4 heteroatoms. The van der Waals surface area contributed by atoms with Crippen molar-refractivity contribution in [2.75, 3.05) is 33.3 Å². The first kappa shape index (κ1) is 13.8. The maximum atomic E-state index is 12.1. The van der Waals surface area contributed by atoms with E-state index in [4.69, 9.17) is 0 Å². The summed E-state index contributed by atoms with van der Waals surface area (Å²) < 4.78 is 0. The van der Waals surface area contributed by atoms with Crippen LogP contribution in [0, 0.1) is 11.8 Å². The number of aliphatic hydroxyl groups is 1. The molecule has 1 aliphatic carbocycles. The van der Waals surface area contributed by atoms with Gasteiger partial charge in [-0.1, -0.05) is 6.92 Å². The Bertz CT molecular complexity index is 292. The Morgan fingerprint density at radius 1 is 1.39 bits per heavy atom. The molecule has 1 N–H and O–H groups in total. The number of likely N-dealkylation sites (tertiary alicyclic amines) is 1. The highest BCUT2D eigenvalue weighted by atomic mass is 16.3. The van der Waals surface area contributed by atoms with Gasteiger partial charge in [0, 0.05) is 19.6 Å². The number of amides is 1. The number of carbonyl (C=O) groups is 1. The van der Waals surface area contributed by atoms with Gasteiger partial charge in [0.05, 0.1) is 13.2 Å². The largest absolute Gasteiger partial charge is 0.395 e. The first-order valence-corrected chi connectivity index (χ1v) is 7.20. The van der Waals surface area contributed by atoms with E-state index in [9.17, 15) is 9.90 Å². The Kier molecular flexibility index (Phi) is 4.62. The van der Waals surface area contributed by atoms with E-state index < -0.39 is 0 Å². The number of rotatable bonds is 5. The summed E-state index contributed by atoms with van der Waals surface area (Å²) in [6.45, 7) is 4.66. The number of nitrogens with zero attached hydrogens (tertiary/aromatic N) is 2. The van der Waals surface area contributed by atoms with Gasteiger partial charge in [-0.2, -0.15) is 0 Å². The van der Waals surface area contributed by atoms with Gasteiger partial charge in [0.15, 0.2) is 0 Å². The van der Waals surface area contributed by atoms with Crippen molar-refractivity contribution in [2.24, 2.45) is 11.8 Å². The van der Waals surface area contributed by atoms with Gasteiger partial charge in [-0.25, -0.2) is 0 Å². The zero-order chi connectivity index (χ0) is 13.1. The highest BCUT2D eigenvalue weighted by Gasteiger charge is 2.31. The lowest BCUT2D eigenvalue weighted by atomic mass is 9.91. The molecule has 2 aliphatic rings. The van der Waals surface area contributed by atoms with Gasteiger partial charge in [0.1, 0.15) is 0 Å². The molecule has 2 fully saturated rings. The average Bonchev–Trinajstić information content (AvgIpc) is 3.13. The molecule has 0 radical (unpaired) electrons. The predicted octanol–water partition coefficient (Wildman–Crippen LogP) is 0.948. The highest BCUT2D eigenvalue weighted by Crippen LogP contribution is 2.29. The Morgan fingerprint density at radius 2 is 2.11 bits per heavy atom. The predicted molar refractivity (Wildman–Crippen MR) is 71.2 cm³/mol. The molecule has 104 valence electrons. The fraction of sp³-hybridized carbons (Fsp3) is 0.929. The Labute approximate surface area is 110 Å². The van der Waals surface area contributed by atoms with E-state index >= 15 is 0 Å². The lowest BCUT2D eigenvalue weighted by Crippen LogP contribution is -2.50. The van der Waals surface area contributed by atoms with Crippen LogP contribution in [0.2, 0.25) is 0 Å². The van der Waals surface area contributed by atoms with E-state index in [-0.39, 0.29) is 18.6 Å². The van der Waals surface area contributed by atoms with Gasteiger partial charge in [-0.15, -0.1) is 0 Å². The summed E-state index contributed by atoms with van der Waals surface area (Å²) in [6, 6.07) is 0.164. The molecule has 2 unspecified atom stereocenters. The normalized spacial score (nSPS) is 29.3. The van der Waals surface area contributed by atoms with Crippen molar-refractivity contribution < 1.29 is 9.90 Å². The first-order chi connectivity index (χ1) is 8.61. The van der Waals surface area contributed by atoms with Crippen LogP contribution in [-0.4, -0.2) is 60.1 Å². The quantitative estimate of drug-likeness (QED) is 0.794. The van der Waals surface area contributed by atoms with Crippen LogP contribution in [0.1, 0.15) is 32.6 Å². The lowest BCUT2D eigenvalue weighted by Gasteiger charge is -2.39. The Hall–Kier alpha value is -0.610. The highest BCUT2D eigenvalue weighted by molar-refractivity contribution is 5.78. The summed E-state index contributed by atoms with van der Waals surface area (Å²) in [4.78, 5) is 16.2. The minimum absolute atomic E-state index is 0.164. The van der Waals surface area contributed by atoms with Crippen molar-refractivity contribution >= 4 is 5.91 Å². The number of hydrogen-bond acceptors (Lipinski definition) is 3. The second-order valence-electron chi connectivity index (χ2n) is 6.06. The van der Waals surface area contributed by atoms with E-state index in [0.29, 0.717) is 12.5 Å². The smallest absolute Gasteiger partial charge is 0.236 e. The number of aliphatic hydroxyl groups excluding tert-OH is 1. The number of hydrogen-bond donors (Lipinski definition) is 1. The zero-order valence-corrected chi connectivity index (χ0v) is 11.6. The monoisotopic (exact) mass is 254 g/mol. The molecule has 0 aromatic rings. The molecule has 0 spiro atoms.